The Kier molecular flexibility index (Phi) is 4.60. The number of ether oxygens (including phenoxy) is 1. The van der Waals surface area contributed by atoms with E-state index in [9.17, 15) is 9.59 Å². The van der Waals surface area contributed by atoms with Crippen LogP contribution in [0.5, 0.6) is 5.75 Å². The Balaban J connectivity index is 1.85. The lowest BCUT2D eigenvalue weighted by atomic mass is 9.98. The third kappa shape index (κ3) is 2.96. The van der Waals surface area contributed by atoms with Gasteiger partial charge in [-0.15, -0.1) is 11.3 Å². The Labute approximate surface area is 186 Å². The largest absolute Gasteiger partial charge is 0.496 e. The Bertz CT molecular complexity index is 1410. The summed E-state index contributed by atoms with van der Waals surface area (Å²) in [6.07, 6.45) is 0. The van der Waals surface area contributed by atoms with Gasteiger partial charge in [0.15, 0.2) is 10.6 Å². The normalized spacial score (nSPS) is 15.5. The summed E-state index contributed by atoms with van der Waals surface area (Å²) in [6, 6.07) is 11.4. The molecule has 3 heterocycles. The highest BCUT2D eigenvalue weighted by Gasteiger charge is 2.46. The molecule has 5 rings (SSSR count). The van der Waals surface area contributed by atoms with E-state index in [1.807, 2.05) is 32.0 Å². The molecule has 0 fully saturated rings. The van der Waals surface area contributed by atoms with Crippen molar-refractivity contribution < 1.29 is 13.9 Å². The number of para-hydroxylation sites is 1. The van der Waals surface area contributed by atoms with Crippen LogP contribution in [0.1, 0.15) is 38.3 Å². The molecule has 1 aliphatic heterocycles. The van der Waals surface area contributed by atoms with Crippen LogP contribution in [0, 0.1) is 13.8 Å². The van der Waals surface area contributed by atoms with Gasteiger partial charge in [-0.25, -0.2) is 4.98 Å². The highest BCUT2D eigenvalue weighted by Crippen LogP contribution is 2.45. The van der Waals surface area contributed by atoms with E-state index in [4.69, 9.17) is 20.8 Å². The second kappa shape index (κ2) is 7.21. The summed E-state index contributed by atoms with van der Waals surface area (Å²) >= 11 is 7.53. The fourth-order valence-corrected chi connectivity index (χ4v) is 5.00. The van der Waals surface area contributed by atoms with Gasteiger partial charge in [-0.1, -0.05) is 29.8 Å². The molecule has 0 saturated heterocycles. The first-order chi connectivity index (χ1) is 14.9. The second-order valence-electron chi connectivity index (χ2n) is 7.27. The number of carbonyl (C=O) groups excluding carboxylic acids is 1. The number of amides is 1. The predicted molar refractivity (Wildman–Crippen MR) is 121 cm³/mol. The van der Waals surface area contributed by atoms with Crippen molar-refractivity contribution in [2.75, 3.05) is 12.0 Å². The Hall–Kier alpha value is -3.16. The first-order valence-electron chi connectivity index (χ1n) is 9.57. The summed E-state index contributed by atoms with van der Waals surface area (Å²) in [6.45, 7) is 3.84. The van der Waals surface area contributed by atoms with Gasteiger partial charge in [0.1, 0.15) is 17.4 Å². The van der Waals surface area contributed by atoms with Crippen LogP contribution in [0.15, 0.2) is 51.7 Å². The smallest absolute Gasteiger partial charge is 0.297 e. The number of thiazole rings is 1. The van der Waals surface area contributed by atoms with Crippen molar-refractivity contribution >= 4 is 44.9 Å². The average Bonchev–Trinajstić information content (AvgIpc) is 3.24. The molecule has 31 heavy (non-hydrogen) atoms. The van der Waals surface area contributed by atoms with Crippen molar-refractivity contribution in [3.05, 3.63) is 85.2 Å². The lowest BCUT2D eigenvalue weighted by Crippen LogP contribution is -2.29. The van der Waals surface area contributed by atoms with Crippen LogP contribution >= 0.6 is 22.9 Å². The standard InChI is InChI=1S/C23H17ClN2O4S/c1-11-12(2)31-23(25-11)26-19(14-6-4-5-7-16(14)29-3)18-20(27)15-10-13(24)8-9-17(15)30-21(18)22(26)28/h4-10,19H,1-3H3. The van der Waals surface area contributed by atoms with Gasteiger partial charge in [0, 0.05) is 15.5 Å². The maximum absolute atomic E-state index is 13.6. The fourth-order valence-electron chi connectivity index (χ4n) is 3.89. The number of anilines is 1. The van der Waals surface area contributed by atoms with Gasteiger partial charge < -0.3 is 9.15 Å². The molecule has 8 heteroatoms. The quantitative estimate of drug-likeness (QED) is 0.423. The SMILES string of the molecule is COc1ccccc1C1c2c(oc3ccc(Cl)cc3c2=O)C(=O)N1c1nc(C)c(C)s1. The molecule has 0 radical (unpaired) electrons. The fraction of sp³-hybridized carbons (Fsp3) is 0.174. The van der Waals surface area contributed by atoms with E-state index in [0.29, 0.717) is 32.4 Å². The van der Waals surface area contributed by atoms with E-state index >= 15 is 0 Å². The molecule has 0 N–H and O–H groups in total. The van der Waals surface area contributed by atoms with Gasteiger partial charge >= 0.3 is 0 Å². The van der Waals surface area contributed by atoms with Crippen molar-refractivity contribution in [1.82, 2.24) is 4.98 Å². The van der Waals surface area contributed by atoms with Crippen molar-refractivity contribution in [3.8, 4) is 5.75 Å². The minimum absolute atomic E-state index is 0.0150. The number of hydrogen-bond donors (Lipinski definition) is 0. The first-order valence-corrected chi connectivity index (χ1v) is 10.8. The number of hydrogen-bond acceptors (Lipinski definition) is 6. The zero-order valence-electron chi connectivity index (χ0n) is 16.9. The lowest BCUT2D eigenvalue weighted by Gasteiger charge is -2.24. The predicted octanol–water partition coefficient (Wildman–Crippen LogP) is 5.28. The molecule has 1 atom stereocenters. The molecule has 1 aliphatic rings. The molecule has 1 unspecified atom stereocenters. The summed E-state index contributed by atoms with van der Waals surface area (Å²) in [5, 5.41) is 1.25. The molecule has 0 aliphatic carbocycles. The van der Waals surface area contributed by atoms with Crippen molar-refractivity contribution in [3.63, 3.8) is 0 Å². The number of aryl methyl sites for hydroxylation is 2. The average molecular weight is 453 g/mol. The Morgan fingerprint density at radius 1 is 1.16 bits per heavy atom. The zero-order valence-corrected chi connectivity index (χ0v) is 18.5. The number of benzene rings is 2. The first kappa shape index (κ1) is 19.8. The molecule has 0 saturated carbocycles. The van der Waals surface area contributed by atoms with Gasteiger partial charge in [-0.05, 0) is 38.1 Å². The van der Waals surface area contributed by atoms with Crippen molar-refractivity contribution in [2.24, 2.45) is 0 Å². The van der Waals surface area contributed by atoms with Crippen LogP contribution in [-0.2, 0) is 0 Å². The van der Waals surface area contributed by atoms with E-state index in [0.717, 1.165) is 10.6 Å². The molecular weight excluding hydrogens is 436 g/mol. The van der Waals surface area contributed by atoms with Gasteiger partial charge in [0.05, 0.1) is 23.8 Å². The van der Waals surface area contributed by atoms with E-state index in [2.05, 4.69) is 4.98 Å². The summed E-state index contributed by atoms with van der Waals surface area (Å²) in [5.74, 6) is 0.170. The summed E-state index contributed by atoms with van der Waals surface area (Å²) in [4.78, 5) is 34.3. The van der Waals surface area contributed by atoms with Crippen molar-refractivity contribution in [1.29, 1.82) is 0 Å². The Morgan fingerprint density at radius 3 is 2.65 bits per heavy atom. The molecule has 2 aromatic carbocycles. The van der Waals surface area contributed by atoms with Crippen LogP contribution in [-0.4, -0.2) is 18.0 Å². The molecular formula is C23H17ClN2O4S. The van der Waals surface area contributed by atoms with Crippen LogP contribution in [0.2, 0.25) is 5.02 Å². The van der Waals surface area contributed by atoms with Crippen LogP contribution in [0.25, 0.3) is 11.0 Å². The minimum atomic E-state index is -0.733. The minimum Gasteiger partial charge on any atom is -0.496 e. The van der Waals surface area contributed by atoms with Gasteiger partial charge in [-0.3, -0.25) is 14.5 Å². The third-order valence-electron chi connectivity index (χ3n) is 5.49. The maximum atomic E-state index is 13.6. The number of carbonyl (C=O) groups is 1. The van der Waals surface area contributed by atoms with E-state index in [1.165, 1.54) is 16.2 Å². The molecule has 4 aromatic rings. The maximum Gasteiger partial charge on any atom is 0.297 e. The lowest BCUT2D eigenvalue weighted by molar-refractivity contribution is 0.0971. The highest BCUT2D eigenvalue weighted by atomic mass is 35.5. The van der Waals surface area contributed by atoms with Gasteiger partial charge in [0.2, 0.25) is 5.76 Å². The molecule has 0 bridgehead atoms. The van der Waals surface area contributed by atoms with Crippen LogP contribution in [0.3, 0.4) is 0 Å². The van der Waals surface area contributed by atoms with Gasteiger partial charge in [0.25, 0.3) is 5.91 Å². The number of methoxy groups -OCH3 is 1. The molecule has 1 amide bonds. The number of fused-ring (bicyclic) bond motifs is 2. The number of nitrogens with zero attached hydrogens (tertiary/aromatic N) is 2. The summed E-state index contributed by atoms with van der Waals surface area (Å²) in [7, 11) is 1.56. The third-order valence-corrected chi connectivity index (χ3v) is 6.80. The van der Waals surface area contributed by atoms with Crippen molar-refractivity contribution in [2.45, 2.75) is 19.9 Å². The number of halogens is 1. The highest BCUT2D eigenvalue weighted by molar-refractivity contribution is 7.15. The molecule has 0 spiro atoms. The van der Waals surface area contributed by atoms with Crippen LogP contribution in [0.4, 0.5) is 5.13 Å². The van der Waals surface area contributed by atoms with E-state index in [1.54, 1.807) is 31.4 Å². The monoisotopic (exact) mass is 452 g/mol. The number of rotatable bonds is 3. The summed E-state index contributed by atoms with van der Waals surface area (Å²) < 4.78 is 11.5. The van der Waals surface area contributed by atoms with E-state index < -0.39 is 11.9 Å². The summed E-state index contributed by atoms with van der Waals surface area (Å²) in [5.41, 5.74) is 1.79. The molecule has 2 aromatic heterocycles. The Morgan fingerprint density at radius 2 is 1.94 bits per heavy atom. The number of aromatic nitrogens is 1. The van der Waals surface area contributed by atoms with Crippen LogP contribution < -0.4 is 15.1 Å². The molecule has 6 nitrogen and oxygen atoms in total. The second-order valence-corrected chi connectivity index (χ2v) is 8.89. The molecule has 156 valence electrons. The van der Waals surface area contributed by atoms with E-state index in [-0.39, 0.29) is 16.8 Å². The topological polar surface area (TPSA) is 72.6 Å². The van der Waals surface area contributed by atoms with Gasteiger partial charge in [-0.2, -0.15) is 0 Å². The zero-order chi connectivity index (χ0) is 21.9.